The maximum atomic E-state index is 13.1. The molecular weight excluding hydrogens is 534 g/mol. The lowest BCUT2D eigenvalue weighted by Crippen LogP contribution is -2.50. The molecule has 2 aromatic carbocycles. The van der Waals surface area contributed by atoms with Crippen molar-refractivity contribution in [3.05, 3.63) is 72.6 Å². The molecule has 2 heterocycles. The quantitative estimate of drug-likeness (QED) is 0.290. The molecule has 0 aliphatic heterocycles. The molecule has 0 saturated heterocycles. The van der Waals surface area contributed by atoms with Crippen LogP contribution < -0.4 is 20.1 Å². The third-order valence-corrected chi connectivity index (χ3v) is 6.46. The second kappa shape index (κ2) is 11.5. The minimum absolute atomic E-state index is 0.266. The van der Waals surface area contributed by atoms with Crippen LogP contribution in [0.25, 0.3) is 11.1 Å². The van der Waals surface area contributed by atoms with E-state index in [1.54, 1.807) is 53.7 Å². The number of hydrogen-bond acceptors (Lipinski definition) is 9. The first-order chi connectivity index (χ1) is 19.7. The van der Waals surface area contributed by atoms with E-state index in [0.717, 1.165) is 5.56 Å². The third-order valence-electron chi connectivity index (χ3n) is 6.46. The van der Waals surface area contributed by atoms with Gasteiger partial charge in [-0.3, -0.25) is 4.79 Å². The zero-order chi connectivity index (χ0) is 29.0. The van der Waals surface area contributed by atoms with Gasteiger partial charge in [-0.05, 0) is 42.8 Å². The summed E-state index contributed by atoms with van der Waals surface area (Å²) < 4.78 is 39.2. The molecule has 0 radical (unpaired) electrons. The number of carbonyl (C=O) groups is 1. The predicted molar refractivity (Wildman–Crippen MR) is 144 cm³/mol. The number of ether oxygens (including phenoxy) is 2. The number of amides is 1. The van der Waals surface area contributed by atoms with E-state index in [0.29, 0.717) is 34.9 Å². The van der Waals surface area contributed by atoms with Gasteiger partial charge >= 0.3 is 0 Å². The Morgan fingerprint density at radius 3 is 2.61 bits per heavy atom. The van der Waals surface area contributed by atoms with Crippen LogP contribution in [-0.4, -0.2) is 55.8 Å². The molecule has 210 valence electrons. The molecule has 1 fully saturated rings. The number of methoxy groups -OCH3 is 1. The van der Waals surface area contributed by atoms with E-state index in [1.807, 2.05) is 6.92 Å². The fourth-order valence-electron chi connectivity index (χ4n) is 4.37. The Morgan fingerprint density at radius 2 is 1.95 bits per heavy atom. The van der Waals surface area contributed by atoms with Gasteiger partial charge in [0.15, 0.2) is 0 Å². The number of carbonyl (C=O) groups excluding carboxylic acids is 1. The van der Waals surface area contributed by atoms with Crippen LogP contribution in [0.15, 0.2) is 61.4 Å². The molecule has 5 rings (SSSR count). The van der Waals surface area contributed by atoms with Gasteiger partial charge in [0.2, 0.25) is 5.95 Å². The SMILES string of the molecule is COc1cc(C(=O)NC2CC(F)(F)C2)ccc1Nc1ncc(-c2ccc(C#N)c(OC(C)Cn3cncn3)c2)cn1. The molecule has 11 nitrogen and oxygen atoms in total. The highest BCUT2D eigenvalue weighted by molar-refractivity contribution is 5.95. The van der Waals surface area contributed by atoms with Gasteiger partial charge in [0.05, 0.1) is 24.9 Å². The Labute approximate surface area is 234 Å². The van der Waals surface area contributed by atoms with Gasteiger partial charge < -0.3 is 20.1 Å². The molecule has 2 N–H and O–H groups in total. The minimum atomic E-state index is -2.72. The molecule has 41 heavy (non-hydrogen) atoms. The normalized spacial score (nSPS) is 14.8. The molecule has 0 bridgehead atoms. The van der Waals surface area contributed by atoms with Crippen molar-refractivity contribution >= 4 is 17.5 Å². The summed E-state index contributed by atoms with van der Waals surface area (Å²) in [5, 5.41) is 19.3. The predicted octanol–water partition coefficient (Wildman–Crippen LogP) is 4.35. The Morgan fingerprint density at radius 1 is 1.17 bits per heavy atom. The topological polar surface area (TPSA) is 140 Å². The lowest BCUT2D eigenvalue weighted by atomic mass is 9.88. The van der Waals surface area contributed by atoms with Crippen LogP contribution in [0, 0.1) is 11.3 Å². The lowest BCUT2D eigenvalue weighted by molar-refractivity contribution is -0.0901. The number of rotatable bonds is 10. The Kier molecular flexibility index (Phi) is 7.73. The summed E-state index contributed by atoms with van der Waals surface area (Å²) in [5.41, 5.74) is 2.66. The van der Waals surface area contributed by atoms with Crippen LogP contribution in [-0.2, 0) is 6.54 Å². The fourth-order valence-corrected chi connectivity index (χ4v) is 4.37. The number of halogens is 2. The number of nitrogens with one attached hydrogen (secondary N) is 2. The van der Waals surface area contributed by atoms with E-state index in [-0.39, 0.29) is 30.5 Å². The second-order valence-electron chi connectivity index (χ2n) is 9.64. The van der Waals surface area contributed by atoms with Crippen molar-refractivity contribution < 1.29 is 23.0 Å². The monoisotopic (exact) mass is 560 g/mol. The highest BCUT2D eigenvalue weighted by Crippen LogP contribution is 2.37. The Bertz CT molecular complexity index is 1560. The summed E-state index contributed by atoms with van der Waals surface area (Å²) in [6.07, 6.45) is 5.31. The van der Waals surface area contributed by atoms with Gasteiger partial charge in [-0.25, -0.2) is 28.4 Å². The molecule has 4 aromatic rings. The molecule has 0 spiro atoms. The van der Waals surface area contributed by atoms with Crippen molar-refractivity contribution in [3.63, 3.8) is 0 Å². The molecule has 1 atom stereocenters. The summed E-state index contributed by atoms with van der Waals surface area (Å²) in [5.74, 6) is -2.09. The minimum Gasteiger partial charge on any atom is -0.495 e. The summed E-state index contributed by atoms with van der Waals surface area (Å²) in [4.78, 5) is 25.2. The van der Waals surface area contributed by atoms with Gasteiger partial charge in [-0.2, -0.15) is 10.4 Å². The smallest absolute Gasteiger partial charge is 0.252 e. The van der Waals surface area contributed by atoms with Crippen LogP contribution in [0.1, 0.15) is 35.7 Å². The van der Waals surface area contributed by atoms with E-state index in [1.165, 1.54) is 19.5 Å². The van der Waals surface area contributed by atoms with Gasteiger partial charge in [0.1, 0.15) is 36.3 Å². The molecule has 13 heteroatoms. The molecule has 1 amide bonds. The van der Waals surface area contributed by atoms with Crippen molar-refractivity contribution in [2.75, 3.05) is 12.4 Å². The summed E-state index contributed by atoms with van der Waals surface area (Å²) in [6.45, 7) is 2.34. The number of hydrogen-bond donors (Lipinski definition) is 2. The van der Waals surface area contributed by atoms with Gasteiger partial charge in [0.25, 0.3) is 11.8 Å². The average molecular weight is 561 g/mol. The summed E-state index contributed by atoms with van der Waals surface area (Å²) >= 11 is 0. The number of benzene rings is 2. The van der Waals surface area contributed by atoms with Gasteiger partial charge in [0, 0.05) is 42.4 Å². The van der Waals surface area contributed by atoms with Crippen molar-refractivity contribution in [1.82, 2.24) is 30.0 Å². The number of aromatic nitrogens is 5. The van der Waals surface area contributed by atoms with Crippen LogP contribution >= 0.6 is 0 Å². The van der Waals surface area contributed by atoms with E-state index in [4.69, 9.17) is 9.47 Å². The second-order valence-corrected chi connectivity index (χ2v) is 9.64. The highest BCUT2D eigenvalue weighted by atomic mass is 19.3. The van der Waals surface area contributed by atoms with Crippen LogP contribution in [0.3, 0.4) is 0 Å². The van der Waals surface area contributed by atoms with Gasteiger partial charge in [-0.15, -0.1) is 0 Å². The number of nitrogens with zero attached hydrogens (tertiary/aromatic N) is 6. The van der Waals surface area contributed by atoms with Crippen molar-refractivity contribution in [3.8, 4) is 28.7 Å². The first kappa shape index (κ1) is 27.4. The van der Waals surface area contributed by atoms with Crippen molar-refractivity contribution in [2.45, 2.75) is 44.4 Å². The number of nitriles is 1. The van der Waals surface area contributed by atoms with Gasteiger partial charge in [-0.1, -0.05) is 6.07 Å². The molecular formula is C28H26F2N8O3. The van der Waals surface area contributed by atoms with Crippen LogP contribution in [0.2, 0.25) is 0 Å². The summed E-state index contributed by atoms with van der Waals surface area (Å²) in [7, 11) is 1.45. The first-order valence-electron chi connectivity index (χ1n) is 12.7. The number of anilines is 2. The van der Waals surface area contributed by atoms with E-state index >= 15 is 0 Å². The van der Waals surface area contributed by atoms with Crippen LogP contribution in [0.5, 0.6) is 11.5 Å². The zero-order valence-corrected chi connectivity index (χ0v) is 22.2. The standard InChI is InChI=1S/C28H26F2N8O3/c1-17(14-38-16-32-15-35-38)41-24-7-18(3-4-20(24)11-31)21-12-33-27(34-13-21)37-23-6-5-19(8-25(23)40-2)26(39)36-22-9-28(29,30)10-22/h3-8,12-13,15-17,22H,9-10,14H2,1-2H3,(H,36,39)(H,33,34,37). The van der Waals surface area contributed by atoms with E-state index in [9.17, 15) is 18.8 Å². The maximum Gasteiger partial charge on any atom is 0.252 e. The number of alkyl halides is 2. The zero-order valence-electron chi connectivity index (χ0n) is 22.2. The fraction of sp³-hybridized carbons (Fsp3) is 0.286. The highest BCUT2D eigenvalue weighted by Gasteiger charge is 2.46. The Balaban J connectivity index is 1.26. The largest absolute Gasteiger partial charge is 0.495 e. The van der Waals surface area contributed by atoms with E-state index in [2.05, 4.69) is 36.8 Å². The molecule has 1 unspecified atom stereocenters. The molecule has 1 saturated carbocycles. The summed E-state index contributed by atoms with van der Waals surface area (Å²) in [6, 6.07) is 11.5. The lowest BCUT2D eigenvalue weighted by Gasteiger charge is -2.35. The average Bonchev–Trinajstić information content (AvgIpc) is 3.45. The Hall–Kier alpha value is -5.12. The molecule has 1 aliphatic rings. The molecule has 1 aliphatic carbocycles. The molecule has 2 aromatic heterocycles. The van der Waals surface area contributed by atoms with E-state index < -0.39 is 17.9 Å². The maximum absolute atomic E-state index is 13.1. The van der Waals surface area contributed by atoms with Crippen molar-refractivity contribution in [2.24, 2.45) is 0 Å². The first-order valence-corrected chi connectivity index (χ1v) is 12.7. The van der Waals surface area contributed by atoms with Crippen LogP contribution in [0.4, 0.5) is 20.4 Å². The van der Waals surface area contributed by atoms with Crippen molar-refractivity contribution in [1.29, 1.82) is 5.26 Å². The third kappa shape index (κ3) is 6.55.